The van der Waals surface area contributed by atoms with Crippen LogP contribution in [0.5, 0.6) is 0 Å². The number of benzene rings is 3. The Morgan fingerprint density at radius 2 is 1.04 bits per heavy atom. The lowest BCUT2D eigenvalue weighted by atomic mass is 10.4. The fraction of sp³-hybridized carbons (Fsp3) is 0.100. The van der Waals surface area contributed by atoms with Crippen molar-refractivity contribution in [1.82, 2.24) is 0 Å². The van der Waals surface area contributed by atoms with Crippen molar-refractivity contribution in [1.29, 1.82) is 0 Å². The minimum atomic E-state index is -2.02. The Morgan fingerprint density at radius 1 is 0.708 bits per heavy atom. The first-order chi connectivity index (χ1) is 11.8. The molecular weight excluding hydrogens is 336 g/mol. The summed E-state index contributed by atoms with van der Waals surface area (Å²) in [5.74, 6) is 0. The molecule has 0 radical (unpaired) electrons. The zero-order valence-corrected chi connectivity index (χ0v) is 15.1. The molecular formula is C20H20O2S2. The summed E-state index contributed by atoms with van der Waals surface area (Å²) in [5.41, 5.74) is 0. The van der Waals surface area contributed by atoms with Gasteiger partial charge in [0.05, 0.1) is 6.61 Å². The third kappa shape index (κ3) is 3.05. The molecule has 0 bridgehead atoms. The quantitative estimate of drug-likeness (QED) is 0.539. The van der Waals surface area contributed by atoms with Crippen LogP contribution in [0.2, 0.25) is 0 Å². The zero-order chi connectivity index (χ0) is 16.8. The Balaban J connectivity index is 2.35. The van der Waals surface area contributed by atoms with Crippen LogP contribution in [0.1, 0.15) is 6.92 Å². The Labute approximate surface area is 146 Å². The lowest BCUT2D eigenvalue weighted by molar-refractivity contribution is 0.380. The van der Waals surface area contributed by atoms with Crippen molar-refractivity contribution in [2.45, 2.75) is 21.6 Å². The number of hydrogen-bond acceptors (Lipinski definition) is 2. The molecule has 0 amide bonds. The van der Waals surface area contributed by atoms with E-state index in [2.05, 4.69) is 0 Å². The lowest BCUT2D eigenvalue weighted by Gasteiger charge is -2.38. The van der Waals surface area contributed by atoms with Gasteiger partial charge >= 0.3 is 0 Å². The van der Waals surface area contributed by atoms with Crippen molar-refractivity contribution >= 4 is 19.2 Å². The summed E-state index contributed by atoms with van der Waals surface area (Å²) in [7, 11) is -3.51. The molecule has 0 heterocycles. The number of hydrogen-bond donors (Lipinski definition) is 0. The van der Waals surface area contributed by atoms with E-state index >= 15 is 0 Å². The van der Waals surface area contributed by atoms with Crippen molar-refractivity contribution in [3.63, 3.8) is 0 Å². The molecule has 3 rings (SSSR count). The predicted octanol–water partition coefficient (Wildman–Crippen LogP) is 5.58. The minimum absolute atomic E-state index is 0.411. The maximum absolute atomic E-state index is 13.4. The summed E-state index contributed by atoms with van der Waals surface area (Å²) in [4.78, 5) is 3.11. The van der Waals surface area contributed by atoms with Gasteiger partial charge < -0.3 is 0 Å². The van der Waals surface area contributed by atoms with E-state index in [0.717, 1.165) is 14.7 Å². The normalized spacial score (nSPS) is 13.4. The molecule has 0 saturated carbocycles. The maximum atomic E-state index is 13.4. The second-order valence-electron chi connectivity index (χ2n) is 5.11. The summed E-state index contributed by atoms with van der Waals surface area (Å²) >= 11 is 0. The highest BCUT2D eigenvalue weighted by Crippen LogP contribution is 2.71. The molecule has 0 spiro atoms. The predicted molar refractivity (Wildman–Crippen MR) is 101 cm³/mol. The molecule has 0 aliphatic heterocycles. The van der Waals surface area contributed by atoms with Gasteiger partial charge in [-0.15, -0.1) is 0 Å². The fourth-order valence-electron chi connectivity index (χ4n) is 2.65. The van der Waals surface area contributed by atoms with E-state index in [0.29, 0.717) is 6.61 Å². The average molecular weight is 357 g/mol. The molecule has 0 aromatic heterocycles. The highest BCUT2D eigenvalue weighted by atomic mass is 33.2. The molecule has 24 heavy (non-hydrogen) atoms. The highest BCUT2D eigenvalue weighted by Gasteiger charge is 2.38. The summed E-state index contributed by atoms with van der Waals surface area (Å²) in [5, 5.41) is 0. The Morgan fingerprint density at radius 3 is 1.33 bits per heavy atom. The first kappa shape index (κ1) is 17.0. The van der Waals surface area contributed by atoms with E-state index in [1.807, 2.05) is 97.9 Å². The topological polar surface area (TPSA) is 26.3 Å². The molecule has 2 nitrogen and oxygen atoms in total. The van der Waals surface area contributed by atoms with Crippen molar-refractivity contribution in [2.75, 3.05) is 6.61 Å². The minimum Gasteiger partial charge on any atom is -0.283 e. The van der Waals surface area contributed by atoms with Gasteiger partial charge in [-0.3, -0.25) is 4.18 Å². The van der Waals surface area contributed by atoms with Crippen LogP contribution >= 0.6 is 9.06 Å². The second kappa shape index (κ2) is 7.79. The smallest absolute Gasteiger partial charge is 0.212 e. The zero-order valence-electron chi connectivity index (χ0n) is 13.5. The van der Waals surface area contributed by atoms with Crippen LogP contribution in [0.4, 0.5) is 0 Å². The molecule has 1 atom stereocenters. The van der Waals surface area contributed by atoms with Gasteiger partial charge in [-0.1, -0.05) is 63.7 Å². The van der Waals surface area contributed by atoms with Gasteiger partial charge in [-0.2, -0.15) is 0 Å². The monoisotopic (exact) mass is 356 g/mol. The third-order valence-corrected chi connectivity index (χ3v) is 10.5. The number of rotatable bonds is 6. The molecule has 3 aromatic carbocycles. The summed E-state index contributed by atoms with van der Waals surface area (Å²) in [6.45, 7) is 2.29. The molecule has 0 saturated heterocycles. The largest absolute Gasteiger partial charge is 0.283 e. The SMILES string of the molecule is CCOS(=O)S(c1ccccc1)(c1ccccc1)c1ccccc1. The van der Waals surface area contributed by atoms with Gasteiger partial charge in [-0.25, -0.2) is 4.21 Å². The standard InChI is InChI=1S/C20H20O2S2/c1-2-22-23(21)24(18-12-6-3-7-13-18,19-14-8-4-9-15-19)20-16-10-5-11-17-20/h3-17H,2H2,1H3. The van der Waals surface area contributed by atoms with E-state index in [-0.39, 0.29) is 0 Å². The first-order valence-electron chi connectivity index (χ1n) is 7.84. The van der Waals surface area contributed by atoms with Gasteiger partial charge in [0.1, 0.15) is 0 Å². The van der Waals surface area contributed by atoms with Gasteiger partial charge in [0.2, 0.25) is 10.1 Å². The first-order valence-corrected chi connectivity index (χ1v) is 11.1. The van der Waals surface area contributed by atoms with Crippen LogP contribution in [-0.4, -0.2) is 10.8 Å². The molecule has 0 fully saturated rings. The van der Waals surface area contributed by atoms with Gasteiger partial charge in [0, 0.05) is 14.7 Å². The Bertz CT molecular complexity index is 693. The summed E-state index contributed by atoms with van der Waals surface area (Å²) in [6, 6.07) is 30.2. The maximum Gasteiger partial charge on any atom is 0.212 e. The fourth-order valence-corrected chi connectivity index (χ4v) is 9.03. The van der Waals surface area contributed by atoms with Crippen LogP contribution in [0.15, 0.2) is 106 Å². The summed E-state index contributed by atoms with van der Waals surface area (Å²) < 4.78 is 19.1. The third-order valence-electron chi connectivity index (χ3n) is 3.64. The van der Waals surface area contributed by atoms with Crippen molar-refractivity contribution in [2.24, 2.45) is 0 Å². The van der Waals surface area contributed by atoms with E-state index in [9.17, 15) is 4.21 Å². The van der Waals surface area contributed by atoms with E-state index in [4.69, 9.17) is 4.18 Å². The average Bonchev–Trinajstić information content (AvgIpc) is 2.65. The Hall–Kier alpha value is -1.88. The Kier molecular flexibility index (Phi) is 5.51. The van der Waals surface area contributed by atoms with Crippen LogP contribution in [0.25, 0.3) is 0 Å². The van der Waals surface area contributed by atoms with E-state index < -0.39 is 19.2 Å². The highest BCUT2D eigenvalue weighted by molar-refractivity contribution is 8.86. The van der Waals surface area contributed by atoms with E-state index in [1.54, 1.807) is 0 Å². The molecule has 4 heteroatoms. The lowest BCUT2D eigenvalue weighted by Crippen LogP contribution is -2.12. The van der Waals surface area contributed by atoms with Crippen molar-refractivity contribution in [3.05, 3.63) is 91.0 Å². The van der Waals surface area contributed by atoms with Crippen molar-refractivity contribution < 1.29 is 8.39 Å². The molecule has 0 aliphatic rings. The van der Waals surface area contributed by atoms with E-state index in [1.165, 1.54) is 0 Å². The van der Waals surface area contributed by atoms with Crippen LogP contribution in [0, 0.1) is 0 Å². The molecule has 1 unspecified atom stereocenters. The summed E-state index contributed by atoms with van der Waals surface area (Å²) in [6.07, 6.45) is 0. The second-order valence-corrected chi connectivity index (χ2v) is 10.6. The van der Waals surface area contributed by atoms with Gasteiger partial charge in [0.25, 0.3) is 0 Å². The van der Waals surface area contributed by atoms with Crippen LogP contribution in [0.3, 0.4) is 0 Å². The molecule has 0 aliphatic carbocycles. The molecule has 0 N–H and O–H groups in total. The van der Waals surface area contributed by atoms with Crippen LogP contribution < -0.4 is 0 Å². The molecule has 3 aromatic rings. The van der Waals surface area contributed by atoms with Gasteiger partial charge in [-0.05, 0) is 43.3 Å². The van der Waals surface area contributed by atoms with Gasteiger partial charge in [0.15, 0.2) is 0 Å². The van der Waals surface area contributed by atoms with Crippen molar-refractivity contribution in [3.8, 4) is 0 Å². The van der Waals surface area contributed by atoms with Crippen LogP contribution in [-0.2, 0) is 14.3 Å². The molecule has 124 valence electrons.